The molecule has 0 aliphatic heterocycles. The number of hydrogen-bond acceptors (Lipinski definition) is 3. The van der Waals surface area contributed by atoms with Crippen LogP contribution in [0, 0.1) is 11.3 Å². The standard InChI is InChI=1S/C15H18N2O2/c16-10-12-6-8-13(9-7-12)17-15(18)11-19-14-4-2-1-3-5-14/h6-9,14H,1-5,11H2,(H,17,18). The first kappa shape index (κ1) is 13.6. The molecule has 2 rings (SSSR count). The van der Waals surface area contributed by atoms with Crippen LogP contribution in [0.25, 0.3) is 0 Å². The van der Waals surface area contributed by atoms with Crippen LogP contribution in [0.4, 0.5) is 5.69 Å². The van der Waals surface area contributed by atoms with Crippen molar-refractivity contribution in [2.24, 2.45) is 0 Å². The van der Waals surface area contributed by atoms with Crippen LogP contribution in [0.1, 0.15) is 37.7 Å². The van der Waals surface area contributed by atoms with E-state index >= 15 is 0 Å². The van der Waals surface area contributed by atoms with E-state index in [1.54, 1.807) is 24.3 Å². The van der Waals surface area contributed by atoms with E-state index in [0.29, 0.717) is 11.3 Å². The molecule has 1 N–H and O–H groups in total. The van der Waals surface area contributed by atoms with Gasteiger partial charge in [-0.25, -0.2) is 0 Å². The van der Waals surface area contributed by atoms with Gasteiger partial charge in [0.2, 0.25) is 5.91 Å². The summed E-state index contributed by atoms with van der Waals surface area (Å²) in [5, 5.41) is 11.4. The van der Waals surface area contributed by atoms with Crippen molar-refractivity contribution in [3.05, 3.63) is 29.8 Å². The number of nitriles is 1. The molecule has 0 saturated heterocycles. The smallest absolute Gasteiger partial charge is 0.250 e. The summed E-state index contributed by atoms with van der Waals surface area (Å²) >= 11 is 0. The lowest BCUT2D eigenvalue weighted by Gasteiger charge is -2.21. The highest BCUT2D eigenvalue weighted by molar-refractivity contribution is 5.91. The summed E-state index contributed by atoms with van der Waals surface area (Å²) in [4.78, 5) is 11.7. The van der Waals surface area contributed by atoms with Gasteiger partial charge in [0.15, 0.2) is 0 Å². The lowest BCUT2D eigenvalue weighted by Crippen LogP contribution is -2.24. The Kier molecular flexibility index (Phi) is 4.93. The van der Waals surface area contributed by atoms with Crippen molar-refractivity contribution in [2.75, 3.05) is 11.9 Å². The maximum absolute atomic E-state index is 11.7. The molecule has 0 atom stereocenters. The molecule has 19 heavy (non-hydrogen) atoms. The van der Waals surface area contributed by atoms with Crippen LogP contribution in [0.2, 0.25) is 0 Å². The molecule has 1 aliphatic rings. The predicted molar refractivity (Wildman–Crippen MR) is 72.6 cm³/mol. The molecule has 4 nitrogen and oxygen atoms in total. The highest BCUT2D eigenvalue weighted by Gasteiger charge is 2.15. The van der Waals surface area contributed by atoms with Crippen molar-refractivity contribution in [3.63, 3.8) is 0 Å². The van der Waals surface area contributed by atoms with Gasteiger partial charge in [0.25, 0.3) is 0 Å². The van der Waals surface area contributed by atoms with Crippen molar-refractivity contribution >= 4 is 11.6 Å². The molecule has 0 spiro atoms. The highest BCUT2D eigenvalue weighted by Crippen LogP contribution is 2.20. The third-order valence-corrected chi connectivity index (χ3v) is 3.30. The Morgan fingerprint density at radius 3 is 2.58 bits per heavy atom. The fourth-order valence-corrected chi connectivity index (χ4v) is 2.25. The molecule has 1 aliphatic carbocycles. The molecule has 0 aromatic heterocycles. The number of carbonyl (C=O) groups is 1. The van der Waals surface area contributed by atoms with E-state index in [4.69, 9.17) is 10.00 Å². The van der Waals surface area contributed by atoms with Crippen LogP contribution in [0.15, 0.2) is 24.3 Å². The Hall–Kier alpha value is -1.86. The quantitative estimate of drug-likeness (QED) is 0.903. The summed E-state index contributed by atoms with van der Waals surface area (Å²) in [6, 6.07) is 8.83. The van der Waals surface area contributed by atoms with Crippen LogP contribution < -0.4 is 5.32 Å². The molecule has 100 valence electrons. The summed E-state index contributed by atoms with van der Waals surface area (Å²) in [6.45, 7) is 0.102. The fraction of sp³-hybridized carbons (Fsp3) is 0.467. The number of carbonyl (C=O) groups excluding carboxylic acids is 1. The van der Waals surface area contributed by atoms with Crippen LogP contribution in [-0.4, -0.2) is 18.6 Å². The van der Waals surface area contributed by atoms with E-state index in [1.165, 1.54) is 19.3 Å². The van der Waals surface area contributed by atoms with Crippen molar-refractivity contribution in [2.45, 2.75) is 38.2 Å². The first-order valence-corrected chi connectivity index (χ1v) is 6.69. The van der Waals surface area contributed by atoms with Gasteiger partial charge in [-0.3, -0.25) is 4.79 Å². The van der Waals surface area contributed by atoms with Crippen LogP contribution in [-0.2, 0) is 9.53 Å². The van der Waals surface area contributed by atoms with Crippen LogP contribution in [0.5, 0.6) is 0 Å². The van der Waals surface area contributed by atoms with Gasteiger partial charge in [0.05, 0.1) is 17.7 Å². The number of hydrogen-bond donors (Lipinski definition) is 1. The SMILES string of the molecule is N#Cc1ccc(NC(=O)COC2CCCCC2)cc1. The van der Waals surface area contributed by atoms with Gasteiger partial charge in [-0.1, -0.05) is 19.3 Å². The molecule has 0 radical (unpaired) electrons. The Morgan fingerprint density at radius 1 is 1.26 bits per heavy atom. The van der Waals surface area contributed by atoms with Gasteiger partial charge >= 0.3 is 0 Å². The fourth-order valence-electron chi connectivity index (χ4n) is 2.25. The molecular formula is C15H18N2O2. The van der Waals surface area contributed by atoms with Crippen molar-refractivity contribution in [1.29, 1.82) is 5.26 Å². The molecule has 1 aromatic rings. The Balaban J connectivity index is 1.75. The minimum absolute atomic E-state index is 0.102. The molecule has 0 unspecified atom stereocenters. The number of rotatable bonds is 4. The molecule has 1 saturated carbocycles. The second-order valence-corrected chi connectivity index (χ2v) is 4.81. The zero-order valence-electron chi connectivity index (χ0n) is 10.9. The molecular weight excluding hydrogens is 240 g/mol. The zero-order valence-corrected chi connectivity index (χ0v) is 10.9. The lowest BCUT2D eigenvalue weighted by atomic mass is 9.98. The maximum Gasteiger partial charge on any atom is 0.250 e. The van der Waals surface area contributed by atoms with Crippen molar-refractivity contribution < 1.29 is 9.53 Å². The second kappa shape index (κ2) is 6.91. The van der Waals surface area contributed by atoms with Crippen molar-refractivity contribution in [3.8, 4) is 6.07 Å². The summed E-state index contributed by atoms with van der Waals surface area (Å²) in [7, 11) is 0. The minimum Gasteiger partial charge on any atom is -0.368 e. The predicted octanol–water partition coefficient (Wildman–Crippen LogP) is 2.85. The maximum atomic E-state index is 11.7. The van der Waals surface area contributed by atoms with Gasteiger partial charge in [-0.2, -0.15) is 5.26 Å². The third kappa shape index (κ3) is 4.38. The van der Waals surface area contributed by atoms with Gasteiger partial charge in [0.1, 0.15) is 6.61 Å². The van der Waals surface area contributed by atoms with Crippen molar-refractivity contribution in [1.82, 2.24) is 0 Å². The van der Waals surface area contributed by atoms with Gasteiger partial charge in [0, 0.05) is 5.69 Å². The number of nitrogens with zero attached hydrogens (tertiary/aromatic N) is 1. The number of nitrogens with one attached hydrogen (secondary N) is 1. The van der Waals surface area contributed by atoms with Crippen LogP contribution >= 0.6 is 0 Å². The molecule has 1 fully saturated rings. The summed E-state index contributed by atoms with van der Waals surface area (Å²) < 4.78 is 5.60. The summed E-state index contributed by atoms with van der Waals surface area (Å²) in [6.07, 6.45) is 6.02. The average Bonchev–Trinajstić information content (AvgIpc) is 2.47. The first-order valence-electron chi connectivity index (χ1n) is 6.69. The second-order valence-electron chi connectivity index (χ2n) is 4.81. The average molecular weight is 258 g/mol. The number of ether oxygens (including phenoxy) is 1. The minimum atomic E-state index is -0.143. The lowest BCUT2D eigenvalue weighted by molar-refractivity contribution is -0.123. The monoisotopic (exact) mass is 258 g/mol. The topological polar surface area (TPSA) is 62.1 Å². The molecule has 1 aromatic carbocycles. The molecule has 4 heteroatoms. The van der Waals surface area contributed by atoms with Gasteiger partial charge < -0.3 is 10.1 Å². The summed E-state index contributed by atoms with van der Waals surface area (Å²) in [5.74, 6) is -0.143. The summed E-state index contributed by atoms with van der Waals surface area (Å²) in [5.41, 5.74) is 1.27. The largest absolute Gasteiger partial charge is 0.368 e. The van der Waals surface area contributed by atoms with Gasteiger partial charge in [-0.05, 0) is 37.1 Å². The van der Waals surface area contributed by atoms with Crippen LogP contribution in [0.3, 0.4) is 0 Å². The molecule has 0 bridgehead atoms. The van der Waals surface area contributed by atoms with E-state index in [-0.39, 0.29) is 18.6 Å². The number of anilines is 1. The Bertz CT molecular complexity index is 456. The normalized spacial score (nSPS) is 15.7. The number of benzene rings is 1. The van der Waals surface area contributed by atoms with E-state index in [2.05, 4.69) is 5.32 Å². The Labute approximate surface area is 113 Å². The van der Waals surface area contributed by atoms with E-state index in [0.717, 1.165) is 12.8 Å². The van der Waals surface area contributed by atoms with E-state index < -0.39 is 0 Å². The molecule has 1 amide bonds. The molecule has 0 heterocycles. The number of amides is 1. The Morgan fingerprint density at radius 2 is 1.95 bits per heavy atom. The zero-order chi connectivity index (χ0) is 13.5. The van der Waals surface area contributed by atoms with E-state index in [9.17, 15) is 4.79 Å². The van der Waals surface area contributed by atoms with E-state index in [1.807, 2.05) is 6.07 Å². The first-order chi connectivity index (χ1) is 9.28. The highest BCUT2D eigenvalue weighted by atomic mass is 16.5. The third-order valence-electron chi connectivity index (χ3n) is 3.30. The van der Waals surface area contributed by atoms with Gasteiger partial charge in [-0.15, -0.1) is 0 Å².